The van der Waals surface area contributed by atoms with Gasteiger partial charge in [0.25, 0.3) is 0 Å². The first-order valence-corrected chi connectivity index (χ1v) is 6.78. The molecule has 1 saturated heterocycles. The molecule has 1 aliphatic rings. The second-order valence-corrected chi connectivity index (χ2v) is 4.92. The summed E-state index contributed by atoms with van der Waals surface area (Å²) in [5.41, 5.74) is 5.66. The van der Waals surface area contributed by atoms with Gasteiger partial charge in [0.1, 0.15) is 11.6 Å². The van der Waals surface area contributed by atoms with E-state index in [1.807, 2.05) is 0 Å². The van der Waals surface area contributed by atoms with Gasteiger partial charge < -0.3 is 11.1 Å². The number of hydrogen-bond acceptors (Lipinski definition) is 5. The second-order valence-electron chi connectivity index (χ2n) is 4.92. The Hall–Kier alpha value is -1.20. The van der Waals surface area contributed by atoms with Crippen LogP contribution in [0.2, 0.25) is 0 Å². The molecule has 5 heteroatoms. The van der Waals surface area contributed by atoms with E-state index in [0.29, 0.717) is 5.82 Å². The number of rotatable bonds is 5. The standard InChI is InChI=1S/C13H23N5/c1-2-15-9-11-4-7-18(8-5-11)10-13-16-6-3-12(14)17-13/h3,6,11,15H,2,4-5,7-10H2,1H3,(H2,14,16,17). The lowest BCUT2D eigenvalue weighted by atomic mass is 9.97. The van der Waals surface area contributed by atoms with Gasteiger partial charge in [-0.1, -0.05) is 6.92 Å². The highest BCUT2D eigenvalue weighted by Crippen LogP contribution is 2.17. The minimum atomic E-state index is 0.557. The second kappa shape index (κ2) is 6.66. The maximum Gasteiger partial charge on any atom is 0.144 e. The van der Waals surface area contributed by atoms with Crippen LogP contribution in [0.3, 0.4) is 0 Å². The van der Waals surface area contributed by atoms with E-state index in [1.54, 1.807) is 12.3 Å². The van der Waals surface area contributed by atoms with Crippen LogP contribution in [0.4, 0.5) is 5.82 Å². The van der Waals surface area contributed by atoms with Crippen molar-refractivity contribution >= 4 is 5.82 Å². The van der Waals surface area contributed by atoms with Crippen LogP contribution in [0, 0.1) is 5.92 Å². The summed E-state index contributed by atoms with van der Waals surface area (Å²) in [4.78, 5) is 10.9. The molecule has 0 bridgehead atoms. The molecule has 0 unspecified atom stereocenters. The van der Waals surface area contributed by atoms with E-state index in [4.69, 9.17) is 5.73 Å². The fourth-order valence-corrected chi connectivity index (χ4v) is 2.39. The van der Waals surface area contributed by atoms with Crippen molar-refractivity contribution in [1.29, 1.82) is 0 Å². The fraction of sp³-hybridized carbons (Fsp3) is 0.692. The molecular weight excluding hydrogens is 226 g/mol. The van der Waals surface area contributed by atoms with E-state index in [1.165, 1.54) is 12.8 Å². The number of nitrogens with one attached hydrogen (secondary N) is 1. The lowest BCUT2D eigenvalue weighted by Crippen LogP contribution is -2.37. The van der Waals surface area contributed by atoms with E-state index in [9.17, 15) is 0 Å². The Balaban J connectivity index is 1.76. The van der Waals surface area contributed by atoms with Crippen LogP contribution in [0.25, 0.3) is 0 Å². The molecule has 3 N–H and O–H groups in total. The molecule has 1 aromatic heterocycles. The Morgan fingerprint density at radius 3 is 2.89 bits per heavy atom. The molecule has 1 aliphatic heterocycles. The highest BCUT2D eigenvalue weighted by Gasteiger charge is 2.19. The van der Waals surface area contributed by atoms with Gasteiger partial charge in [-0.15, -0.1) is 0 Å². The molecule has 0 spiro atoms. The largest absolute Gasteiger partial charge is 0.384 e. The zero-order valence-corrected chi connectivity index (χ0v) is 11.1. The first-order valence-electron chi connectivity index (χ1n) is 6.78. The van der Waals surface area contributed by atoms with Crippen LogP contribution >= 0.6 is 0 Å². The lowest BCUT2D eigenvalue weighted by molar-refractivity contribution is 0.172. The zero-order chi connectivity index (χ0) is 12.8. The predicted molar refractivity (Wildman–Crippen MR) is 73.0 cm³/mol. The average molecular weight is 249 g/mol. The summed E-state index contributed by atoms with van der Waals surface area (Å²) in [5.74, 6) is 2.21. The summed E-state index contributed by atoms with van der Waals surface area (Å²) < 4.78 is 0. The topological polar surface area (TPSA) is 67.1 Å². The van der Waals surface area contributed by atoms with E-state index >= 15 is 0 Å². The van der Waals surface area contributed by atoms with Gasteiger partial charge in [0, 0.05) is 6.20 Å². The Bertz CT molecular complexity index is 360. The molecule has 1 fully saturated rings. The van der Waals surface area contributed by atoms with Crippen LogP contribution < -0.4 is 11.1 Å². The lowest BCUT2D eigenvalue weighted by Gasteiger charge is -2.31. The molecule has 0 amide bonds. The number of aromatic nitrogens is 2. The van der Waals surface area contributed by atoms with Crippen molar-refractivity contribution in [2.24, 2.45) is 5.92 Å². The van der Waals surface area contributed by atoms with Crippen molar-refractivity contribution in [1.82, 2.24) is 20.2 Å². The number of anilines is 1. The number of piperidine rings is 1. The summed E-state index contributed by atoms with van der Waals surface area (Å²) in [6.45, 7) is 7.46. The van der Waals surface area contributed by atoms with Crippen molar-refractivity contribution in [3.8, 4) is 0 Å². The Labute approximate surface area is 109 Å². The van der Waals surface area contributed by atoms with Crippen LogP contribution in [0.1, 0.15) is 25.6 Å². The quantitative estimate of drug-likeness (QED) is 0.811. The third-order valence-electron chi connectivity index (χ3n) is 3.48. The maximum atomic E-state index is 5.66. The molecule has 2 heterocycles. The van der Waals surface area contributed by atoms with Gasteiger partial charge >= 0.3 is 0 Å². The van der Waals surface area contributed by atoms with Crippen LogP contribution in [0.15, 0.2) is 12.3 Å². The zero-order valence-electron chi connectivity index (χ0n) is 11.1. The predicted octanol–water partition coefficient (Wildman–Crippen LogP) is 0.880. The SMILES string of the molecule is CCNCC1CCN(Cc2nccc(N)n2)CC1. The fourth-order valence-electron chi connectivity index (χ4n) is 2.39. The summed E-state index contributed by atoms with van der Waals surface area (Å²) in [6.07, 6.45) is 4.25. The number of hydrogen-bond donors (Lipinski definition) is 2. The highest BCUT2D eigenvalue weighted by molar-refractivity contribution is 5.24. The molecule has 0 aliphatic carbocycles. The van der Waals surface area contributed by atoms with Crippen molar-refractivity contribution in [3.63, 3.8) is 0 Å². The van der Waals surface area contributed by atoms with Crippen molar-refractivity contribution in [3.05, 3.63) is 18.1 Å². The van der Waals surface area contributed by atoms with Crippen LogP contribution in [0.5, 0.6) is 0 Å². The van der Waals surface area contributed by atoms with Gasteiger partial charge in [0.2, 0.25) is 0 Å². The van der Waals surface area contributed by atoms with Crippen molar-refractivity contribution < 1.29 is 0 Å². The molecule has 0 saturated carbocycles. The molecule has 2 rings (SSSR count). The summed E-state index contributed by atoms with van der Waals surface area (Å²) >= 11 is 0. The molecule has 0 radical (unpaired) electrons. The monoisotopic (exact) mass is 249 g/mol. The number of nitrogens with two attached hydrogens (primary N) is 1. The summed E-state index contributed by atoms with van der Waals surface area (Å²) in [5, 5.41) is 3.43. The number of nitrogen functional groups attached to an aromatic ring is 1. The Kier molecular flexibility index (Phi) is 4.90. The van der Waals surface area contributed by atoms with Gasteiger partial charge in [-0.25, -0.2) is 9.97 Å². The first kappa shape index (κ1) is 13.2. The molecule has 18 heavy (non-hydrogen) atoms. The average Bonchev–Trinajstić information content (AvgIpc) is 2.38. The van der Waals surface area contributed by atoms with Crippen LogP contribution in [-0.2, 0) is 6.54 Å². The van der Waals surface area contributed by atoms with E-state index < -0.39 is 0 Å². The van der Waals surface area contributed by atoms with E-state index in [0.717, 1.165) is 44.5 Å². The van der Waals surface area contributed by atoms with E-state index in [2.05, 4.69) is 27.1 Å². The van der Waals surface area contributed by atoms with Crippen molar-refractivity contribution in [2.75, 3.05) is 31.9 Å². The highest BCUT2D eigenvalue weighted by atomic mass is 15.2. The number of nitrogens with zero attached hydrogens (tertiary/aromatic N) is 3. The smallest absolute Gasteiger partial charge is 0.144 e. The van der Waals surface area contributed by atoms with Crippen molar-refractivity contribution in [2.45, 2.75) is 26.3 Å². The Morgan fingerprint density at radius 2 is 2.22 bits per heavy atom. The molecule has 0 aromatic carbocycles. The maximum absolute atomic E-state index is 5.66. The van der Waals surface area contributed by atoms with Crippen LogP contribution in [-0.4, -0.2) is 41.0 Å². The normalized spacial score (nSPS) is 18.1. The number of likely N-dealkylation sites (tertiary alicyclic amines) is 1. The third-order valence-corrected chi connectivity index (χ3v) is 3.48. The van der Waals surface area contributed by atoms with Gasteiger partial charge in [0.15, 0.2) is 0 Å². The molecule has 5 nitrogen and oxygen atoms in total. The summed E-state index contributed by atoms with van der Waals surface area (Å²) in [6, 6.07) is 1.73. The molecule has 0 atom stereocenters. The van der Waals surface area contributed by atoms with Gasteiger partial charge in [-0.3, -0.25) is 4.90 Å². The molecular formula is C13H23N5. The van der Waals surface area contributed by atoms with Gasteiger partial charge in [-0.2, -0.15) is 0 Å². The Morgan fingerprint density at radius 1 is 1.44 bits per heavy atom. The minimum absolute atomic E-state index is 0.557. The molecule has 1 aromatic rings. The molecule has 100 valence electrons. The minimum Gasteiger partial charge on any atom is -0.384 e. The van der Waals surface area contributed by atoms with E-state index in [-0.39, 0.29) is 0 Å². The first-order chi connectivity index (χ1) is 8.78. The summed E-state index contributed by atoms with van der Waals surface area (Å²) in [7, 11) is 0. The third kappa shape index (κ3) is 3.92. The van der Waals surface area contributed by atoms with Gasteiger partial charge in [-0.05, 0) is 51.0 Å². The van der Waals surface area contributed by atoms with Gasteiger partial charge in [0.05, 0.1) is 6.54 Å².